The van der Waals surface area contributed by atoms with Gasteiger partial charge in [0.25, 0.3) is 0 Å². The number of hydrogen-bond acceptors (Lipinski definition) is 4. The van der Waals surface area contributed by atoms with Gasteiger partial charge in [-0.1, -0.05) is 6.07 Å². The van der Waals surface area contributed by atoms with Crippen LogP contribution in [0.1, 0.15) is 12.8 Å². The molecule has 15 heavy (non-hydrogen) atoms. The first-order chi connectivity index (χ1) is 7.31. The molecule has 1 aromatic heterocycles. The third-order valence-corrected chi connectivity index (χ3v) is 2.38. The van der Waals surface area contributed by atoms with Crippen molar-refractivity contribution in [2.24, 2.45) is 11.7 Å². The lowest BCUT2D eigenvalue weighted by atomic mass is 10.2. The average Bonchev–Trinajstić information content (AvgIpc) is 3.10. The molecule has 4 nitrogen and oxygen atoms in total. The predicted octanol–water partition coefficient (Wildman–Crippen LogP) is 1.72. The van der Waals surface area contributed by atoms with Gasteiger partial charge >= 0.3 is 0 Å². The Morgan fingerprint density at radius 2 is 2.33 bits per heavy atom. The van der Waals surface area contributed by atoms with Gasteiger partial charge in [-0.05, 0) is 25.0 Å². The summed E-state index contributed by atoms with van der Waals surface area (Å²) in [5, 5.41) is 10.3. The summed E-state index contributed by atoms with van der Waals surface area (Å²) in [6.45, 7) is 0. The number of pyridine rings is 1. The molecule has 78 valence electrons. The van der Waals surface area contributed by atoms with Crippen molar-refractivity contribution in [3.63, 3.8) is 0 Å². The minimum absolute atomic E-state index is 0.480. The lowest BCUT2D eigenvalue weighted by Gasteiger charge is -2.10. The number of nitrogens with two attached hydrogens (primary N) is 1. The van der Waals surface area contributed by atoms with Gasteiger partial charge in [-0.15, -0.1) is 0 Å². The third kappa shape index (κ3) is 2.34. The molecule has 0 atom stereocenters. The van der Waals surface area contributed by atoms with Crippen molar-refractivity contribution in [3.05, 3.63) is 35.8 Å². The smallest absolute Gasteiger partial charge is 0.130 e. The Hall–Kier alpha value is -1.84. The zero-order valence-corrected chi connectivity index (χ0v) is 8.40. The van der Waals surface area contributed by atoms with Gasteiger partial charge in [0.15, 0.2) is 0 Å². The number of anilines is 1. The van der Waals surface area contributed by atoms with Crippen LogP contribution in [0.25, 0.3) is 0 Å². The van der Waals surface area contributed by atoms with E-state index in [4.69, 9.17) is 11.1 Å². The highest BCUT2D eigenvalue weighted by molar-refractivity contribution is 5.77. The van der Waals surface area contributed by atoms with E-state index >= 15 is 0 Å². The SMILES string of the molecule is N=C/C(N)=C(\Nc1ccccn1)C1CC1. The topological polar surface area (TPSA) is 74.8 Å². The van der Waals surface area contributed by atoms with Crippen LogP contribution < -0.4 is 11.1 Å². The molecular formula is C11H14N4. The van der Waals surface area contributed by atoms with Crippen LogP contribution >= 0.6 is 0 Å². The Bertz CT molecular complexity index is 379. The van der Waals surface area contributed by atoms with Crippen LogP contribution in [0.2, 0.25) is 0 Å². The van der Waals surface area contributed by atoms with Gasteiger partial charge in [0.1, 0.15) is 5.82 Å². The van der Waals surface area contributed by atoms with E-state index in [0.29, 0.717) is 11.6 Å². The molecule has 1 heterocycles. The lowest BCUT2D eigenvalue weighted by Crippen LogP contribution is -2.12. The Kier molecular flexibility index (Phi) is 2.67. The molecular weight excluding hydrogens is 188 g/mol. The highest BCUT2D eigenvalue weighted by atomic mass is 15.0. The maximum absolute atomic E-state index is 7.16. The third-order valence-electron chi connectivity index (χ3n) is 2.38. The van der Waals surface area contributed by atoms with Crippen LogP contribution in [0.15, 0.2) is 35.8 Å². The Morgan fingerprint density at radius 1 is 1.53 bits per heavy atom. The molecule has 0 aliphatic heterocycles. The summed E-state index contributed by atoms with van der Waals surface area (Å²) in [6, 6.07) is 5.67. The quantitative estimate of drug-likeness (QED) is 0.651. The summed E-state index contributed by atoms with van der Waals surface area (Å²) in [6.07, 6.45) is 5.20. The monoisotopic (exact) mass is 202 g/mol. The molecule has 1 aliphatic rings. The predicted molar refractivity (Wildman–Crippen MR) is 60.6 cm³/mol. The molecule has 1 saturated carbocycles. The first-order valence-corrected chi connectivity index (χ1v) is 4.99. The van der Waals surface area contributed by atoms with Crippen molar-refractivity contribution in [2.45, 2.75) is 12.8 Å². The highest BCUT2D eigenvalue weighted by Gasteiger charge is 2.28. The van der Waals surface area contributed by atoms with E-state index < -0.39 is 0 Å². The molecule has 0 unspecified atom stereocenters. The van der Waals surface area contributed by atoms with E-state index in [1.807, 2.05) is 18.2 Å². The van der Waals surface area contributed by atoms with Gasteiger partial charge in [-0.3, -0.25) is 0 Å². The summed E-state index contributed by atoms with van der Waals surface area (Å²) < 4.78 is 0. The zero-order chi connectivity index (χ0) is 10.7. The lowest BCUT2D eigenvalue weighted by molar-refractivity contribution is 0.984. The molecule has 0 amide bonds. The second-order valence-electron chi connectivity index (χ2n) is 3.63. The second-order valence-corrected chi connectivity index (χ2v) is 3.63. The molecule has 0 radical (unpaired) electrons. The minimum Gasteiger partial charge on any atom is -0.396 e. The average molecular weight is 202 g/mol. The summed E-state index contributed by atoms with van der Waals surface area (Å²) in [5.74, 6) is 1.26. The normalized spacial score (nSPS) is 16.8. The molecule has 1 fully saturated rings. The van der Waals surface area contributed by atoms with Crippen molar-refractivity contribution in [1.29, 1.82) is 5.41 Å². The first kappa shape index (κ1) is 9.71. The van der Waals surface area contributed by atoms with Gasteiger partial charge in [-0.25, -0.2) is 4.98 Å². The van der Waals surface area contributed by atoms with Gasteiger partial charge in [-0.2, -0.15) is 0 Å². The second kappa shape index (κ2) is 4.13. The van der Waals surface area contributed by atoms with E-state index in [-0.39, 0.29) is 0 Å². The maximum Gasteiger partial charge on any atom is 0.130 e. The van der Waals surface area contributed by atoms with E-state index in [1.54, 1.807) is 6.20 Å². The van der Waals surface area contributed by atoms with Crippen LogP contribution in [0, 0.1) is 11.3 Å². The van der Waals surface area contributed by atoms with Crippen molar-refractivity contribution in [3.8, 4) is 0 Å². The van der Waals surface area contributed by atoms with Crippen molar-refractivity contribution in [2.75, 3.05) is 5.32 Å². The molecule has 0 spiro atoms. The van der Waals surface area contributed by atoms with Crippen LogP contribution in [-0.2, 0) is 0 Å². The maximum atomic E-state index is 7.16. The minimum atomic E-state index is 0.480. The van der Waals surface area contributed by atoms with Crippen LogP contribution in [0.5, 0.6) is 0 Å². The van der Waals surface area contributed by atoms with Gasteiger partial charge in [0, 0.05) is 24.0 Å². The number of nitrogens with zero attached hydrogens (tertiary/aromatic N) is 1. The fraction of sp³-hybridized carbons (Fsp3) is 0.273. The van der Waals surface area contributed by atoms with Gasteiger partial charge in [0.05, 0.1) is 5.70 Å². The summed E-state index contributed by atoms with van der Waals surface area (Å²) in [7, 11) is 0. The van der Waals surface area contributed by atoms with Crippen LogP contribution in [0.3, 0.4) is 0 Å². The molecule has 1 aromatic rings. The molecule has 0 saturated heterocycles. The molecule has 0 aromatic carbocycles. The van der Waals surface area contributed by atoms with Crippen molar-refractivity contribution >= 4 is 12.0 Å². The van der Waals surface area contributed by atoms with Crippen molar-refractivity contribution < 1.29 is 0 Å². The molecule has 4 heteroatoms. The number of allylic oxidation sites excluding steroid dienone is 2. The number of aromatic nitrogens is 1. The van der Waals surface area contributed by atoms with Gasteiger partial charge in [0.2, 0.25) is 0 Å². The first-order valence-electron chi connectivity index (χ1n) is 4.99. The van der Waals surface area contributed by atoms with E-state index in [9.17, 15) is 0 Å². The number of hydrogen-bond donors (Lipinski definition) is 3. The zero-order valence-electron chi connectivity index (χ0n) is 8.40. The Labute approximate surface area is 88.7 Å². The highest BCUT2D eigenvalue weighted by Crippen LogP contribution is 2.37. The summed E-state index contributed by atoms with van der Waals surface area (Å²) >= 11 is 0. The molecule has 0 bridgehead atoms. The molecule has 2 rings (SSSR count). The molecule has 1 aliphatic carbocycles. The van der Waals surface area contributed by atoms with E-state index in [2.05, 4.69) is 10.3 Å². The fourth-order valence-corrected chi connectivity index (χ4v) is 1.43. The van der Waals surface area contributed by atoms with Crippen molar-refractivity contribution in [1.82, 2.24) is 4.98 Å². The summed E-state index contributed by atoms with van der Waals surface area (Å²) in [4.78, 5) is 4.17. The summed E-state index contributed by atoms with van der Waals surface area (Å²) in [5.41, 5.74) is 7.19. The fourth-order valence-electron chi connectivity index (χ4n) is 1.43. The molecule has 4 N–H and O–H groups in total. The van der Waals surface area contributed by atoms with E-state index in [0.717, 1.165) is 24.4 Å². The Morgan fingerprint density at radius 3 is 2.87 bits per heavy atom. The van der Waals surface area contributed by atoms with Crippen LogP contribution in [-0.4, -0.2) is 11.2 Å². The van der Waals surface area contributed by atoms with Crippen LogP contribution in [0.4, 0.5) is 5.82 Å². The number of nitrogens with one attached hydrogen (secondary N) is 2. The standard InChI is InChI=1S/C11H14N4/c12-7-9(13)11(8-4-5-8)15-10-3-1-2-6-14-10/h1-3,6-8,12H,4-5,13H2,(H,14,15)/b11-9+,12-7?. The van der Waals surface area contributed by atoms with E-state index in [1.165, 1.54) is 6.21 Å². The Balaban J connectivity index is 2.18. The van der Waals surface area contributed by atoms with Gasteiger partial charge < -0.3 is 16.5 Å². The largest absolute Gasteiger partial charge is 0.396 e. The number of rotatable bonds is 4.